The lowest BCUT2D eigenvalue weighted by molar-refractivity contribution is -0.145. The van der Waals surface area contributed by atoms with Gasteiger partial charge in [0.2, 0.25) is 21.8 Å². The summed E-state index contributed by atoms with van der Waals surface area (Å²) in [5.74, 6) is -1.81. The number of sulfonamides is 1. The second-order valence-corrected chi connectivity index (χ2v) is 21.9. The number of carboxylic acids is 1. The summed E-state index contributed by atoms with van der Waals surface area (Å²) >= 11 is 1.45. The van der Waals surface area contributed by atoms with E-state index in [9.17, 15) is 32.7 Å². The van der Waals surface area contributed by atoms with Crippen LogP contribution in [0.3, 0.4) is 0 Å². The van der Waals surface area contributed by atoms with Gasteiger partial charge in [0, 0.05) is 60.4 Å². The SMILES string of the molecule is COc1ccc2c(O[C@@H]3C[C@H]4C(=O)N[C@]5(C(=O)O)CC5/C=C\CCCCC[C@H](NC(=O)N[C@H](CN5CCC(C(C)C)S5(=O)=O)C(C)C)C(=O)N4C3)cc(-c3csc(NC(C)C)n3)nc2c1. The average molecular weight is 937 g/mol. The molecular weight excluding hydrogens is 873 g/mol. The first kappa shape index (κ1) is 47.9. The van der Waals surface area contributed by atoms with Crippen molar-refractivity contribution >= 4 is 61.2 Å². The fraction of sp³-hybridized carbons (Fsp3) is 0.609. The van der Waals surface area contributed by atoms with E-state index in [0.717, 1.165) is 18.0 Å². The number of aromatic nitrogens is 2. The maximum atomic E-state index is 14.9. The van der Waals surface area contributed by atoms with Crippen molar-refractivity contribution in [1.29, 1.82) is 0 Å². The van der Waals surface area contributed by atoms with Crippen LogP contribution in [0, 0.1) is 17.8 Å². The number of carbonyl (C=O) groups excluding carboxylic acids is 3. The number of amides is 4. The molecule has 3 aromatic rings. The summed E-state index contributed by atoms with van der Waals surface area (Å²) < 4.78 is 40.5. The normalized spacial score (nSPS) is 27.0. The van der Waals surface area contributed by atoms with Gasteiger partial charge in [-0.3, -0.25) is 9.59 Å². The van der Waals surface area contributed by atoms with Gasteiger partial charge in [-0.05, 0) is 69.9 Å². The maximum Gasteiger partial charge on any atom is 0.330 e. The minimum Gasteiger partial charge on any atom is -0.497 e. The number of hydrogen-bond donors (Lipinski definition) is 5. The van der Waals surface area contributed by atoms with Crippen molar-refractivity contribution in [3.8, 4) is 22.9 Å². The van der Waals surface area contributed by atoms with Gasteiger partial charge < -0.3 is 40.7 Å². The van der Waals surface area contributed by atoms with Crippen molar-refractivity contribution in [3.05, 3.63) is 41.8 Å². The van der Waals surface area contributed by atoms with E-state index in [1.54, 1.807) is 25.3 Å². The van der Waals surface area contributed by atoms with Crippen LogP contribution in [-0.2, 0) is 24.4 Å². The molecule has 2 aromatic heterocycles. The predicted molar refractivity (Wildman–Crippen MR) is 249 cm³/mol. The van der Waals surface area contributed by atoms with Crippen LogP contribution in [0.25, 0.3) is 22.3 Å². The fourth-order valence-electron chi connectivity index (χ4n) is 9.19. The van der Waals surface area contributed by atoms with Crippen LogP contribution < -0.4 is 30.7 Å². The monoisotopic (exact) mass is 936 g/mol. The molecule has 2 saturated heterocycles. The minimum absolute atomic E-state index is 0.0347. The number of ether oxygens (including phenoxy) is 2. The van der Waals surface area contributed by atoms with Crippen molar-refractivity contribution in [2.45, 2.75) is 134 Å². The smallest absolute Gasteiger partial charge is 0.330 e. The van der Waals surface area contributed by atoms with E-state index in [4.69, 9.17) is 19.4 Å². The Kier molecular flexibility index (Phi) is 14.6. The number of benzene rings is 1. The van der Waals surface area contributed by atoms with Gasteiger partial charge in [-0.2, -0.15) is 4.31 Å². The molecule has 1 aromatic carbocycles. The van der Waals surface area contributed by atoms with E-state index >= 15 is 0 Å². The molecule has 3 fully saturated rings. The van der Waals surface area contributed by atoms with Crippen LogP contribution in [0.15, 0.2) is 41.8 Å². The number of carbonyl (C=O) groups is 4. The highest BCUT2D eigenvalue weighted by Crippen LogP contribution is 2.46. The highest BCUT2D eigenvalue weighted by atomic mass is 32.2. The molecule has 2 unspecified atom stereocenters. The molecule has 4 aliphatic rings. The number of nitrogens with zero attached hydrogens (tertiary/aromatic N) is 4. The zero-order valence-corrected chi connectivity index (χ0v) is 40.0. The predicted octanol–water partition coefficient (Wildman–Crippen LogP) is 5.77. The van der Waals surface area contributed by atoms with Gasteiger partial charge in [0.05, 0.1) is 30.1 Å². The number of pyridine rings is 1. The largest absolute Gasteiger partial charge is 0.497 e. The molecule has 354 valence electrons. The van der Waals surface area contributed by atoms with Crippen LogP contribution in [0.5, 0.6) is 11.5 Å². The third kappa shape index (κ3) is 10.7. The lowest BCUT2D eigenvalue weighted by Gasteiger charge is -2.31. The summed E-state index contributed by atoms with van der Waals surface area (Å²) in [6.07, 6.45) is 6.96. The van der Waals surface area contributed by atoms with Crippen LogP contribution in [-0.4, -0.2) is 124 Å². The molecule has 1 saturated carbocycles. The molecule has 0 bridgehead atoms. The molecule has 19 heteroatoms. The number of carboxylic acid groups (broad SMARTS) is 1. The van der Waals surface area contributed by atoms with E-state index < -0.39 is 74.8 Å². The minimum atomic E-state index is -3.55. The Morgan fingerprint density at radius 1 is 1.05 bits per heavy atom. The third-order valence-electron chi connectivity index (χ3n) is 13.0. The number of rotatable bonds is 13. The number of fused-ring (bicyclic) bond motifs is 3. The summed E-state index contributed by atoms with van der Waals surface area (Å²) in [6.45, 7) is 12.1. The summed E-state index contributed by atoms with van der Waals surface area (Å²) in [6, 6.07) is 4.03. The van der Waals surface area contributed by atoms with Crippen LogP contribution in [0.1, 0.15) is 92.9 Å². The lowest BCUT2D eigenvalue weighted by atomic mass is 10.0. The van der Waals surface area contributed by atoms with Gasteiger partial charge in [0.1, 0.15) is 40.9 Å². The summed E-state index contributed by atoms with van der Waals surface area (Å²) in [4.78, 5) is 67.1. The Bertz CT molecular complexity index is 2390. The van der Waals surface area contributed by atoms with E-state index in [0.29, 0.717) is 59.6 Å². The average Bonchev–Trinajstić information content (AvgIpc) is 3.50. The zero-order valence-electron chi connectivity index (χ0n) is 38.3. The van der Waals surface area contributed by atoms with Gasteiger partial charge in [-0.15, -0.1) is 11.3 Å². The summed E-state index contributed by atoms with van der Waals surface area (Å²) in [5.41, 5.74) is 0.249. The van der Waals surface area contributed by atoms with Crippen molar-refractivity contribution in [2.75, 3.05) is 32.1 Å². The Morgan fingerprint density at radius 3 is 2.52 bits per heavy atom. The molecule has 17 nitrogen and oxygen atoms in total. The van der Waals surface area contributed by atoms with Crippen molar-refractivity contribution in [2.24, 2.45) is 17.8 Å². The Labute approximate surface area is 385 Å². The summed E-state index contributed by atoms with van der Waals surface area (Å²) in [7, 11) is -1.98. The quantitative estimate of drug-likeness (QED) is 0.129. The lowest BCUT2D eigenvalue weighted by Crippen LogP contribution is -2.58. The molecule has 4 amide bonds. The Morgan fingerprint density at radius 2 is 1.83 bits per heavy atom. The number of urea groups is 1. The molecule has 0 radical (unpaired) electrons. The maximum absolute atomic E-state index is 14.9. The first-order valence-electron chi connectivity index (χ1n) is 22.9. The van der Waals surface area contributed by atoms with E-state index in [1.165, 1.54) is 20.5 Å². The van der Waals surface area contributed by atoms with Crippen molar-refractivity contribution in [1.82, 2.24) is 35.1 Å². The third-order valence-corrected chi connectivity index (χ3v) is 16.4. The van der Waals surface area contributed by atoms with Gasteiger partial charge in [-0.1, -0.05) is 52.7 Å². The van der Waals surface area contributed by atoms with Crippen LogP contribution >= 0.6 is 11.3 Å². The number of aliphatic carboxylic acids is 1. The van der Waals surface area contributed by atoms with Crippen LogP contribution in [0.2, 0.25) is 0 Å². The first-order valence-corrected chi connectivity index (χ1v) is 25.2. The second-order valence-electron chi connectivity index (χ2n) is 18.8. The topological polar surface area (TPSA) is 221 Å². The molecule has 5 N–H and O–H groups in total. The molecule has 1 aliphatic carbocycles. The highest BCUT2D eigenvalue weighted by Gasteiger charge is 2.61. The van der Waals surface area contributed by atoms with Gasteiger partial charge >= 0.3 is 12.0 Å². The number of allylic oxidation sites excluding steroid dienone is 1. The van der Waals surface area contributed by atoms with Gasteiger partial charge in [0.25, 0.3) is 0 Å². The van der Waals surface area contributed by atoms with Crippen molar-refractivity contribution < 1.29 is 42.2 Å². The van der Waals surface area contributed by atoms with Gasteiger partial charge in [-0.25, -0.2) is 28.0 Å². The number of hydrogen-bond acceptors (Lipinski definition) is 12. The van der Waals surface area contributed by atoms with E-state index in [1.807, 2.05) is 65.1 Å². The second kappa shape index (κ2) is 19.8. The van der Waals surface area contributed by atoms with E-state index in [-0.39, 0.29) is 50.2 Å². The molecule has 7 atom stereocenters. The number of anilines is 1. The highest BCUT2D eigenvalue weighted by molar-refractivity contribution is 7.90. The number of methoxy groups -OCH3 is 1. The first-order chi connectivity index (χ1) is 30.9. The van der Waals surface area contributed by atoms with E-state index in [2.05, 4.69) is 21.3 Å². The summed E-state index contributed by atoms with van der Waals surface area (Å²) in [5, 5.41) is 25.2. The fourth-order valence-corrected chi connectivity index (χ4v) is 12.2. The standard InChI is InChI=1S/C46H64N8O9S2/c1-26(2)36(24-53-18-17-40(27(3)4)65(53,60)61)50-44(59)49-33-14-12-10-8-9-11-13-29-22-46(29,43(57)58)52-41(55)38-20-31(23-54(38)42(33)56)63-39-21-35(37-25-64-45(51-37)47-28(5)6)48-34-19-30(62-7)15-16-32(34)39/h11,13,15-16,19,21,25-29,31,33,36,38,40H,8-10,12,14,17-18,20,22-24H2,1-7H3,(H,47,51)(H,52,55)(H,57,58)(H2,49,50,59)/b13-11-/t29?,31-,33+,36-,38+,40?,46-/m1/s1. The Balaban J connectivity index is 1.17. The Hall–Kier alpha value is -5.01. The van der Waals surface area contributed by atoms with Crippen molar-refractivity contribution in [3.63, 3.8) is 0 Å². The molecule has 0 spiro atoms. The molecule has 5 heterocycles. The molecular formula is C46H64N8O9S2. The number of thiazole rings is 1. The molecule has 7 rings (SSSR count). The molecule has 65 heavy (non-hydrogen) atoms. The van der Waals surface area contributed by atoms with Gasteiger partial charge in [0.15, 0.2) is 5.13 Å². The number of nitrogens with one attached hydrogen (secondary N) is 4. The molecule has 3 aliphatic heterocycles. The van der Waals surface area contributed by atoms with Crippen LogP contribution in [0.4, 0.5) is 9.93 Å². The zero-order chi connectivity index (χ0) is 46.8.